The number of nitrogens with one attached hydrogen (secondary N) is 1. The van der Waals surface area contributed by atoms with Gasteiger partial charge in [0.15, 0.2) is 0 Å². The van der Waals surface area contributed by atoms with Crippen LogP contribution >= 0.6 is 23.4 Å². The lowest BCUT2D eigenvalue weighted by Crippen LogP contribution is -2.46. The molecule has 21 heavy (non-hydrogen) atoms. The molecule has 118 valence electrons. The molecule has 5 nitrogen and oxygen atoms in total. The molecule has 1 aromatic rings. The largest absolute Gasteiger partial charge is 0.351 e. The molecule has 7 heteroatoms. The average molecular weight is 331 g/mol. The summed E-state index contributed by atoms with van der Waals surface area (Å²) in [6, 6.07) is -0.0523. The number of halogens is 1. The van der Waals surface area contributed by atoms with E-state index >= 15 is 0 Å². The minimum Gasteiger partial charge on any atom is -0.351 e. The van der Waals surface area contributed by atoms with Crippen LogP contribution in [-0.2, 0) is 4.79 Å². The van der Waals surface area contributed by atoms with E-state index in [-0.39, 0.29) is 18.0 Å². The third-order valence-corrected chi connectivity index (χ3v) is 4.68. The highest BCUT2D eigenvalue weighted by atomic mass is 35.5. The Balaban J connectivity index is 1.76. The highest BCUT2D eigenvalue weighted by Gasteiger charge is 2.23. The first-order valence-electron chi connectivity index (χ1n) is 7.31. The Morgan fingerprint density at radius 3 is 2.86 bits per heavy atom. The van der Waals surface area contributed by atoms with E-state index in [4.69, 9.17) is 11.6 Å². The lowest BCUT2D eigenvalue weighted by molar-refractivity contribution is -0.125. The van der Waals surface area contributed by atoms with Crippen molar-refractivity contribution in [3.05, 3.63) is 17.4 Å². The smallest absolute Gasteiger partial charge is 0.244 e. The number of nitrogens with zero attached hydrogens (tertiary/aromatic N) is 3. The van der Waals surface area contributed by atoms with E-state index in [1.54, 1.807) is 17.1 Å². The zero-order valence-electron chi connectivity index (χ0n) is 12.6. The number of piperidine rings is 1. The molecule has 1 fully saturated rings. The molecule has 1 aliphatic rings. The van der Waals surface area contributed by atoms with Gasteiger partial charge in [-0.25, -0.2) is 0 Å². The second kappa shape index (κ2) is 8.06. The van der Waals surface area contributed by atoms with Crippen molar-refractivity contribution in [1.29, 1.82) is 0 Å². The van der Waals surface area contributed by atoms with Crippen molar-refractivity contribution in [3.8, 4) is 0 Å². The summed E-state index contributed by atoms with van der Waals surface area (Å²) in [5.74, 6) is 1.19. The maximum Gasteiger partial charge on any atom is 0.244 e. The fourth-order valence-corrected chi connectivity index (χ4v) is 3.07. The van der Waals surface area contributed by atoms with E-state index in [2.05, 4.69) is 21.6 Å². The molecule has 2 rings (SSSR count). The van der Waals surface area contributed by atoms with Gasteiger partial charge in [0.1, 0.15) is 6.04 Å². The van der Waals surface area contributed by atoms with Crippen molar-refractivity contribution in [2.45, 2.75) is 31.8 Å². The van der Waals surface area contributed by atoms with Crippen molar-refractivity contribution >= 4 is 29.3 Å². The molecule has 1 atom stereocenters. The topological polar surface area (TPSA) is 50.2 Å². The summed E-state index contributed by atoms with van der Waals surface area (Å²) in [5.41, 5.74) is 0. The van der Waals surface area contributed by atoms with Gasteiger partial charge in [-0.2, -0.15) is 16.9 Å². The molecule has 1 aromatic heterocycles. The number of carbonyl (C=O) groups is 1. The summed E-state index contributed by atoms with van der Waals surface area (Å²) < 4.78 is 1.60. The first kappa shape index (κ1) is 16.6. The third-order valence-electron chi connectivity index (χ3n) is 3.89. The second-order valence-electron chi connectivity index (χ2n) is 5.43. The zero-order chi connectivity index (χ0) is 15.2. The standard InChI is InChI=1S/C14H23ClN4OS/c1-11(19-10-12(15)9-16-19)14(20)17-13-3-5-18(6-4-13)7-8-21-2/h9-11,13H,3-8H2,1-2H3,(H,17,20)/t11-/m0/s1. The number of carbonyl (C=O) groups excluding carboxylic acids is 1. The molecule has 0 aliphatic carbocycles. The summed E-state index contributed by atoms with van der Waals surface area (Å²) in [6.45, 7) is 5.11. The van der Waals surface area contributed by atoms with Crippen LogP contribution in [0, 0.1) is 0 Å². The van der Waals surface area contributed by atoms with E-state index in [9.17, 15) is 4.79 Å². The summed E-state index contributed by atoms with van der Waals surface area (Å²) in [7, 11) is 0. The molecule has 1 amide bonds. The predicted molar refractivity (Wildman–Crippen MR) is 87.9 cm³/mol. The van der Waals surface area contributed by atoms with Crippen molar-refractivity contribution in [2.24, 2.45) is 0 Å². The highest BCUT2D eigenvalue weighted by Crippen LogP contribution is 2.14. The van der Waals surface area contributed by atoms with Gasteiger partial charge in [-0.3, -0.25) is 9.48 Å². The molecule has 0 unspecified atom stereocenters. The van der Waals surface area contributed by atoms with Crippen LogP contribution in [0.1, 0.15) is 25.8 Å². The second-order valence-corrected chi connectivity index (χ2v) is 6.85. The number of thioether (sulfide) groups is 1. The first-order valence-corrected chi connectivity index (χ1v) is 9.08. The van der Waals surface area contributed by atoms with Crippen LogP contribution in [0.3, 0.4) is 0 Å². The van der Waals surface area contributed by atoms with Gasteiger partial charge < -0.3 is 10.2 Å². The summed E-state index contributed by atoms with van der Waals surface area (Å²) in [6.07, 6.45) is 7.40. The van der Waals surface area contributed by atoms with Crippen LogP contribution < -0.4 is 5.32 Å². The van der Waals surface area contributed by atoms with E-state index in [0.29, 0.717) is 5.02 Å². The first-order chi connectivity index (χ1) is 10.1. The zero-order valence-corrected chi connectivity index (χ0v) is 14.2. The fourth-order valence-electron chi connectivity index (χ4n) is 2.49. The molecule has 0 saturated carbocycles. The molecular formula is C14H23ClN4OS. The van der Waals surface area contributed by atoms with Gasteiger partial charge in [0.05, 0.1) is 11.2 Å². The Morgan fingerprint density at radius 1 is 1.57 bits per heavy atom. The van der Waals surface area contributed by atoms with Crippen molar-refractivity contribution in [2.75, 3.05) is 31.6 Å². The molecule has 1 aliphatic heterocycles. The lowest BCUT2D eigenvalue weighted by atomic mass is 10.0. The van der Waals surface area contributed by atoms with Crippen LogP contribution in [0.25, 0.3) is 0 Å². The molecule has 0 radical (unpaired) electrons. The maximum atomic E-state index is 12.2. The van der Waals surface area contributed by atoms with Gasteiger partial charge in [0.2, 0.25) is 5.91 Å². The van der Waals surface area contributed by atoms with Gasteiger partial charge in [-0.1, -0.05) is 11.6 Å². The lowest BCUT2D eigenvalue weighted by Gasteiger charge is -2.32. The number of hydrogen-bond acceptors (Lipinski definition) is 4. The quantitative estimate of drug-likeness (QED) is 0.867. The molecule has 1 N–H and O–H groups in total. The van der Waals surface area contributed by atoms with E-state index in [1.807, 2.05) is 18.7 Å². The number of aromatic nitrogens is 2. The van der Waals surface area contributed by atoms with Gasteiger partial charge in [-0.15, -0.1) is 0 Å². The van der Waals surface area contributed by atoms with Crippen LogP contribution in [0.2, 0.25) is 5.02 Å². The Bertz CT molecular complexity index is 460. The summed E-state index contributed by atoms with van der Waals surface area (Å²) in [5, 5.41) is 7.77. The fraction of sp³-hybridized carbons (Fsp3) is 0.714. The van der Waals surface area contributed by atoms with Gasteiger partial charge in [0, 0.05) is 37.6 Å². The van der Waals surface area contributed by atoms with E-state index in [0.717, 1.165) is 32.5 Å². The molecule has 2 heterocycles. The monoisotopic (exact) mass is 330 g/mol. The molecule has 0 spiro atoms. The highest BCUT2D eigenvalue weighted by molar-refractivity contribution is 7.98. The van der Waals surface area contributed by atoms with Gasteiger partial charge in [0.25, 0.3) is 0 Å². The summed E-state index contributed by atoms with van der Waals surface area (Å²) >= 11 is 7.71. The molecule has 0 bridgehead atoms. The average Bonchev–Trinajstić information content (AvgIpc) is 2.92. The maximum absolute atomic E-state index is 12.2. The normalized spacial score (nSPS) is 18.6. The predicted octanol–water partition coefficient (Wildman–Crippen LogP) is 2.04. The number of rotatable bonds is 6. The Kier molecular flexibility index (Phi) is 6.39. The molecular weight excluding hydrogens is 308 g/mol. The Hall–Kier alpha value is -0.720. The van der Waals surface area contributed by atoms with Crippen LogP contribution in [-0.4, -0.2) is 58.3 Å². The van der Waals surface area contributed by atoms with Gasteiger partial charge in [-0.05, 0) is 26.0 Å². The minimum absolute atomic E-state index is 0.0114. The van der Waals surface area contributed by atoms with Crippen molar-refractivity contribution < 1.29 is 4.79 Å². The molecule has 1 saturated heterocycles. The number of amides is 1. The van der Waals surface area contributed by atoms with Crippen LogP contribution in [0.15, 0.2) is 12.4 Å². The Morgan fingerprint density at radius 2 is 2.29 bits per heavy atom. The van der Waals surface area contributed by atoms with E-state index in [1.165, 1.54) is 5.75 Å². The SMILES string of the molecule is CSCCN1CCC(NC(=O)[C@H](C)n2cc(Cl)cn2)CC1. The van der Waals surface area contributed by atoms with E-state index < -0.39 is 0 Å². The summed E-state index contributed by atoms with van der Waals surface area (Å²) in [4.78, 5) is 14.7. The Labute approximate surface area is 135 Å². The third kappa shape index (κ3) is 4.90. The van der Waals surface area contributed by atoms with Crippen molar-refractivity contribution in [1.82, 2.24) is 20.0 Å². The van der Waals surface area contributed by atoms with Crippen LogP contribution in [0.5, 0.6) is 0 Å². The number of hydrogen-bond donors (Lipinski definition) is 1. The van der Waals surface area contributed by atoms with Crippen LogP contribution in [0.4, 0.5) is 0 Å². The minimum atomic E-state index is -0.327. The molecule has 0 aromatic carbocycles. The van der Waals surface area contributed by atoms with Crippen molar-refractivity contribution in [3.63, 3.8) is 0 Å². The van der Waals surface area contributed by atoms with Gasteiger partial charge >= 0.3 is 0 Å². The number of likely N-dealkylation sites (tertiary alicyclic amines) is 1.